The number of hydrogen-bond donors (Lipinski definition) is 1. The molecule has 0 radical (unpaired) electrons. The fourth-order valence-electron chi connectivity index (χ4n) is 2.48. The molecule has 3 rings (SSSR count). The maximum Gasteiger partial charge on any atom is 0.178 e. The van der Waals surface area contributed by atoms with Crippen molar-refractivity contribution >= 4 is 11.5 Å². The van der Waals surface area contributed by atoms with Gasteiger partial charge in [0.15, 0.2) is 11.5 Å². The Hall–Kier alpha value is -1.69. The highest BCUT2D eigenvalue weighted by Crippen LogP contribution is 2.21. The summed E-state index contributed by atoms with van der Waals surface area (Å²) in [6.07, 6.45) is 2.20. The van der Waals surface area contributed by atoms with E-state index in [1.807, 2.05) is 19.1 Å². The monoisotopic (exact) mass is 247 g/mol. The maximum absolute atomic E-state index is 9.27. The van der Waals surface area contributed by atoms with Crippen LogP contribution in [0.5, 0.6) is 0 Å². The molecule has 6 nitrogen and oxygen atoms in total. The van der Waals surface area contributed by atoms with Crippen molar-refractivity contribution in [3.05, 3.63) is 18.0 Å². The summed E-state index contributed by atoms with van der Waals surface area (Å²) in [5, 5.41) is 21.9. The molecule has 0 bridgehead atoms. The van der Waals surface area contributed by atoms with Gasteiger partial charge in [0.25, 0.3) is 0 Å². The van der Waals surface area contributed by atoms with Crippen molar-refractivity contribution in [2.45, 2.75) is 19.8 Å². The van der Waals surface area contributed by atoms with Gasteiger partial charge in [-0.05, 0) is 37.8 Å². The number of rotatable bonds is 2. The van der Waals surface area contributed by atoms with Gasteiger partial charge in [-0.1, -0.05) is 0 Å². The molecule has 0 amide bonds. The van der Waals surface area contributed by atoms with Gasteiger partial charge in [-0.2, -0.15) is 4.52 Å². The molecule has 2 aromatic heterocycles. The minimum atomic E-state index is 0.254. The zero-order valence-electron chi connectivity index (χ0n) is 10.5. The van der Waals surface area contributed by atoms with Gasteiger partial charge >= 0.3 is 0 Å². The van der Waals surface area contributed by atoms with E-state index in [2.05, 4.69) is 20.2 Å². The predicted molar refractivity (Wildman–Crippen MR) is 67.5 cm³/mol. The molecule has 0 spiro atoms. The molecule has 1 aliphatic rings. The highest BCUT2D eigenvalue weighted by molar-refractivity contribution is 5.46. The Morgan fingerprint density at radius 2 is 2.28 bits per heavy atom. The molecule has 0 aromatic carbocycles. The third kappa shape index (κ3) is 1.92. The number of aryl methyl sites for hydroxylation is 1. The van der Waals surface area contributed by atoms with Gasteiger partial charge in [0.2, 0.25) is 0 Å². The summed E-state index contributed by atoms with van der Waals surface area (Å²) in [6.45, 7) is 4.01. The molecule has 0 aliphatic carbocycles. The van der Waals surface area contributed by atoms with Crippen LogP contribution >= 0.6 is 0 Å². The Balaban J connectivity index is 1.91. The van der Waals surface area contributed by atoms with Crippen LogP contribution < -0.4 is 4.90 Å². The molecule has 1 saturated heterocycles. The smallest absolute Gasteiger partial charge is 0.178 e. The second kappa shape index (κ2) is 4.53. The summed E-state index contributed by atoms with van der Waals surface area (Å²) in [5.41, 5.74) is 0.770. The van der Waals surface area contributed by atoms with Gasteiger partial charge in [0, 0.05) is 19.7 Å². The minimum Gasteiger partial charge on any atom is -0.396 e. The van der Waals surface area contributed by atoms with Crippen molar-refractivity contribution in [1.29, 1.82) is 0 Å². The summed E-state index contributed by atoms with van der Waals surface area (Å²) >= 11 is 0. The Morgan fingerprint density at radius 3 is 3.11 bits per heavy atom. The van der Waals surface area contributed by atoms with Crippen LogP contribution in [0.15, 0.2) is 12.1 Å². The first kappa shape index (κ1) is 11.4. The molecular weight excluding hydrogens is 230 g/mol. The summed E-state index contributed by atoms with van der Waals surface area (Å²) < 4.78 is 1.76. The number of aliphatic hydroxyl groups is 1. The molecule has 2 aromatic rings. The van der Waals surface area contributed by atoms with Gasteiger partial charge in [-0.15, -0.1) is 15.3 Å². The van der Waals surface area contributed by atoms with Crippen LogP contribution in [0.1, 0.15) is 18.7 Å². The van der Waals surface area contributed by atoms with Crippen LogP contribution in [0.4, 0.5) is 5.82 Å². The van der Waals surface area contributed by atoms with Crippen molar-refractivity contribution in [3.8, 4) is 0 Å². The zero-order valence-corrected chi connectivity index (χ0v) is 10.5. The first-order valence-electron chi connectivity index (χ1n) is 6.33. The lowest BCUT2D eigenvalue weighted by Crippen LogP contribution is -2.37. The lowest BCUT2D eigenvalue weighted by atomic mass is 9.99. The highest BCUT2D eigenvalue weighted by atomic mass is 16.3. The summed E-state index contributed by atoms with van der Waals surface area (Å²) in [5.74, 6) is 2.09. The second-order valence-corrected chi connectivity index (χ2v) is 4.85. The molecule has 6 heteroatoms. The van der Waals surface area contributed by atoms with Gasteiger partial charge in [0.1, 0.15) is 5.82 Å². The summed E-state index contributed by atoms with van der Waals surface area (Å²) in [7, 11) is 0. The van der Waals surface area contributed by atoms with E-state index >= 15 is 0 Å². The Bertz CT molecular complexity index is 552. The topological polar surface area (TPSA) is 66.5 Å². The van der Waals surface area contributed by atoms with Crippen LogP contribution in [-0.4, -0.2) is 44.6 Å². The van der Waals surface area contributed by atoms with Crippen LogP contribution in [0, 0.1) is 12.8 Å². The first-order chi connectivity index (χ1) is 8.78. The van der Waals surface area contributed by atoms with E-state index in [0.717, 1.165) is 43.2 Å². The largest absolute Gasteiger partial charge is 0.396 e. The van der Waals surface area contributed by atoms with Crippen LogP contribution in [-0.2, 0) is 0 Å². The Kier molecular flexibility index (Phi) is 2.87. The van der Waals surface area contributed by atoms with E-state index in [0.29, 0.717) is 5.92 Å². The van der Waals surface area contributed by atoms with E-state index in [1.165, 1.54) is 0 Å². The lowest BCUT2D eigenvalue weighted by molar-refractivity contribution is 0.208. The highest BCUT2D eigenvalue weighted by Gasteiger charge is 2.20. The summed E-state index contributed by atoms with van der Waals surface area (Å²) in [4.78, 5) is 2.23. The molecular formula is C12H17N5O. The van der Waals surface area contributed by atoms with E-state index in [4.69, 9.17) is 0 Å². The van der Waals surface area contributed by atoms with Crippen molar-refractivity contribution in [2.24, 2.45) is 5.92 Å². The number of nitrogens with zero attached hydrogens (tertiary/aromatic N) is 5. The number of aromatic nitrogens is 4. The molecule has 1 fully saturated rings. The fourth-order valence-corrected chi connectivity index (χ4v) is 2.48. The number of aliphatic hydroxyl groups excluding tert-OH is 1. The van der Waals surface area contributed by atoms with Gasteiger partial charge in [-0.25, -0.2) is 0 Å². The molecule has 0 saturated carbocycles. The molecule has 3 heterocycles. The maximum atomic E-state index is 9.27. The average molecular weight is 247 g/mol. The molecule has 96 valence electrons. The van der Waals surface area contributed by atoms with Crippen molar-refractivity contribution in [1.82, 2.24) is 19.8 Å². The third-order valence-electron chi connectivity index (χ3n) is 3.51. The Labute approximate surface area is 105 Å². The molecule has 1 aliphatic heterocycles. The van der Waals surface area contributed by atoms with Gasteiger partial charge in [0.05, 0.1) is 0 Å². The first-order valence-corrected chi connectivity index (χ1v) is 6.33. The molecule has 1 N–H and O–H groups in total. The lowest BCUT2D eigenvalue weighted by Gasteiger charge is -2.32. The number of fused-ring (bicyclic) bond motifs is 1. The molecule has 1 atom stereocenters. The number of hydrogen-bond acceptors (Lipinski definition) is 5. The van der Waals surface area contributed by atoms with E-state index in [1.54, 1.807) is 4.52 Å². The molecule has 1 unspecified atom stereocenters. The quantitative estimate of drug-likeness (QED) is 0.843. The fraction of sp³-hybridized carbons (Fsp3) is 0.583. The van der Waals surface area contributed by atoms with Crippen LogP contribution in [0.25, 0.3) is 5.65 Å². The average Bonchev–Trinajstić information content (AvgIpc) is 2.80. The normalized spacial score (nSPS) is 20.6. The minimum absolute atomic E-state index is 0.254. The predicted octanol–water partition coefficient (Wildman–Crippen LogP) is 0.641. The van der Waals surface area contributed by atoms with E-state index in [9.17, 15) is 5.11 Å². The van der Waals surface area contributed by atoms with Crippen LogP contribution in [0.2, 0.25) is 0 Å². The second-order valence-electron chi connectivity index (χ2n) is 4.85. The van der Waals surface area contributed by atoms with Gasteiger partial charge in [-0.3, -0.25) is 0 Å². The zero-order chi connectivity index (χ0) is 12.5. The van der Waals surface area contributed by atoms with E-state index < -0.39 is 0 Å². The standard InChI is InChI=1S/C12H17N5O/c1-9-13-14-11-4-5-12(15-17(9)11)16-6-2-3-10(7-16)8-18/h4-5,10,18H,2-3,6-8H2,1H3. The van der Waals surface area contributed by atoms with Crippen LogP contribution in [0.3, 0.4) is 0 Å². The van der Waals surface area contributed by atoms with Crippen molar-refractivity contribution < 1.29 is 5.11 Å². The van der Waals surface area contributed by atoms with E-state index in [-0.39, 0.29) is 6.61 Å². The van der Waals surface area contributed by atoms with Crippen molar-refractivity contribution in [2.75, 3.05) is 24.6 Å². The molecule has 18 heavy (non-hydrogen) atoms. The number of piperidine rings is 1. The third-order valence-corrected chi connectivity index (χ3v) is 3.51. The Morgan fingerprint density at radius 1 is 1.39 bits per heavy atom. The SMILES string of the molecule is Cc1nnc2ccc(N3CCCC(CO)C3)nn12. The van der Waals surface area contributed by atoms with Crippen molar-refractivity contribution in [3.63, 3.8) is 0 Å². The number of anilines is 1. The summed E-state index contributed by atoms with van der Waals surface area (Å²) in [6, 6.07) is 3.91. The van der Waals surface area contributed by atoms with Gasteiger partial charge < -0.3 is 10.0 Å².